The smallest absolute Gasteiger partial charge is 0.321 e. The molecule has 3 rings (SSSR count). The van der Waals surface area contributed by atoms with Gasteiger partial charge in [-0.1, -0.05) is 29.8 Å². The SMILES string of the molecule is Cc1cccc(/C=C/NC(=O)N2CCN(c3ncccn3)CC2)c1. The monoisotopic (exact) mass is 323 g/mol. The number of hydrogen-bond acceptors (Lipinski definition) is 4. The number of urea groups is 1. The summed E-state index contributed by atoms with van der Waals surface area (Å²) >= 11 is 0. The molecule has 2 aromatic rings. The van der Waals surface area contributed by atoms with Gasteiger partial charge in [-0.3, -0.25) is 0 Å². The molecule has 1 saturated heterocycles. The Morgan fingerprint density at radius 3 is 2.58 bits per heavy atom. The number of piperazine rings is 1. The highest BCUT2D eigenvalue weighted by atomic mass is 16.2. The molecule has 6 nitrogen and oxygen atoms in total. The highest BCUT2D eigenvalue weighted by Crippen LogP contribution is 2.10. The van der Waals surface area contributed by atoms with Crippen LogP contribution in [0.1, 0.15) is 11.1 Å². The summed E-state index contributed by atoms with van der Waals surface area (Å²) in [5.41, 5.74) is 2.27. The number of carbonyl (C=O) groups is 1. The van der Waals surface area contributed by atoms with Gasteiger partial charge < -0.3 is 15.1 Å². The standard InChI is InChI=1S/C18H21N5O/c1-15-4-2-5-16(14-15)6-9-21-18(24)23-12-10-22(11-13-23)17-19-7-3-8-20-17/h2-9,14H,10-13H2,1H3,(H,21,24)/b9-6+. The number of carbonyl (C=O) groups excluding carboxylic acids is 1. The van der Waals surface area contributed by atoms with E-state index in [2.05, 4.69) is 26.3 Å². The molecule has 1 fully saturated rings. The fraction of sp³-hybridized carbons (Fsp3) is 0.278. The van der Waals surface area contributed by atoms with E-state index in [1.165, 1.54) is 5.56 Å². The Kier molecular flexibility index (Phi) is 5.05. The topological polar surface area (TPSA) is 61.4 Å². The Hall–Kier alpha value is -2.89. The molecule has 1 aliphatic heterocycles. The van der Waals surface area contributed by atoms with E-state index in [-0.39, 0.29) is 6.03 Å². The number of amides is 2. The highest BCUT2D eigenvalue weighted by molar-refractivity contribution is 5.76. The molecule has 124 valence electrons. The zero-order valence-corrected chi connectivity index (χ0v) is 13.7. The van der Waals surface area contributed by atoms with Crippen molar-refractivity contribution < 1.29 is 4.79 Å². The number of hydrogen-bond donors (Lipinski definition) is 1. The van der Waals surface area contributed by atoms with Crippen molar-refractivity contribution in [3.05, 3.63) is 60.1 Å². The van der Waals surface area contributed by atoms with Gasteiger partial charge in [-0.15, -0.1) is 0 Å². The van der Waals surface area contributed by atoms with Crippen molar-refractivity contribution in [1.82, 2.24) is 20.2 Å². The van der Waals surface area contributed by atoms with Crippen LogP contribution in [0.4, 0.5) is 10.7 Å². The Morgan fingerprint density at radius 2 is 1.88 bits per heavy atom. The molecule has 0 spiro atoms. The summed E-state index contributed by atoms with van der Waals surface area (Å²) in [6.45, 7) is 4.83. The van der Waals surface area contributed by atoms with Crippen LogP contribution in [0.15, 0.2) is 48.9 Å². The second kappa shape index (κ2) is 7.59. The van der Waals surface area contributed by atoms with E-state index in [1.807, 2.05) is 31.2 Å². The average Bonchev–Trinajstić information content (AvgIpc) is 2.63. The molecule has 0 aliphatic carbocycles. The van der Waals surface area contributed by atoms with Crippen LogP contribution in [0.25, 0.3) is 6.08 Å². The molecule has 1 aromatic carbocycles. The molecule has 6 heteroatoms. The van der Waals surface area contributed by atoms with Gasteiger partial charge in [0.05, 0.1) is 0 Å². The number of aromatic nitrogens is 2. The van der Waals surface area contributed by atoms with E-state index in [1.54, 1.807) is 29.6 Å². The van der Waals surface area contributed by atoms with Crippen molar-refractivity contribution in [3.8, 4) is 0 Å². The van der Waals surface area contributed by atoms with Gasteiger partial charge in [-0.2, -0.15) is 0 Å². The van der Waals surface area contributed by atoms with E-state index in [9.17, 15) is 4.79 Å². The minimum absolute atomic E-state index is 0.0764. The third-order valence-corrected chi connectivity index (χ3v) is 3.93. The van der Waals surface area contributed by atoms with Crippen molar-refractivity contribution >= 4 is 18.1 Å². The van der Waals surface area contributed by atoms with Crippen LogP contribution in [0, 0.1) is 6.92 Å². The van der Waals surface area contributed by atoms with Crippen LogP contribution in [-0.4, -0.2) is 47.1 Å². The summed E-state index contributed by atoms with van der Waals surface area (Å²) in [6, 6.07) is 9.85. The van der Waals surface area contributed by atoms with Crippen molar-refractivity contribution in [2.45, 2.75) is 6.92 Å². The quantitative estimate of drug-likeness (QED) is 0.941. The second-order valence-electron chi connectivity index (χ2n) is 5.72. The van der Waals surface area contributed by atoms with E-state index < -0.39 is 0 Å². The molecule has 1 N–H and O–H groups in total. The Morgan fingerprint density at radius 1 is 1.12 bits per heavy atom. The predicted octanol–water partition coefficient (Wildman–Crippen LogP) is 2.29. The van der Waals surface area contributed by atoms with Crippen LogP contribution in [0.2, 0.25) is 0 Å². The van der Waals surface area contributed by atoms with Crippen LogP contribution in [0.3, 0.4) is 0 Å². The summed E-state index contributed by atoms with van der Waals surface area (Å²) < 4.78 is 0. The molecule has 2 amide bonds. The normalized spacial score (nSPS) is 14.9. The zero-order valence-electron chi connectivity index (χ0n) is 13.7. The number of nitrogens with zero attached hydrogens (tertiary/aromatic N) is 4. The summed E-state index contributed by atoms with van der Waals surface area (Å²) in [5, 5.41) is 2.83. The Balaban J connectivity index is 1.49. The first kappa shape index (κ1) is 16.0. The van der Waals surface area contributed by atoms with Crippen LogP contribution < -0.4 is 10.2 Å². The molecule has 24 heavy (non-hydrogen) atoms. The number of rotatable bonds is 3. The van der Waals surface area contributed by atoms with Crippen molar-refractivity contribution in [1.29, 1.82) is 0 Å². The lowest BCUT2D eigenvalue weighted by Crippen LogP contribution is -2.51. The molecule has 0 atom stereocenters. The number of benzene rings is 1. The summed E-state index contributed by atoms with van der Waals surface area (Å²) in [6.07, 6.45) is 7.07. The fourth-order valence-corrected chi connectivity index (χ4v) is 2.64. The number of nitrogens with one attached hydrogen (secondary N) is 1. The van der Waals surface area contributed by atoms with E-state index in [4.69, 9.17) is 0 Å². The third-order valence-electron chi connectivity index (χ3n) is 3.93. The maximum atomic E-state index is 12.2. The molecule has 0 saturated carbocycles. The fourth-order valence-electron chi connectivity index (χ4n) is 2.64. The first-order valence-electron chi connectivity index (χ1n) is 8.03. The number of aryl methyl sites for hydroxylation is 1. The molecular weight excluding hydrogens is 302 g/mol. The molecule has 0 radical (unpaired) electrons. The van der Waals surface area contributed by atoms with E-state index in [0.717, 1.165) is 24.6 Å². The average molecular weight is 323 g/mol. The van der Waals surface area contributed by atoms with E-state index in [0.29, 0.717) is 13.1 Å². The second-order valence-corrected chi connectivity index (χ2v) is 5.72. The Labute approximate surface area is 141 Å². The lowest BCUT2D eigenvalue weighted by atomic mass is 10.1. The maximum Gasteiger partial charge on any atom is 0.321 e. The summed E-state index contributed by atoms with van der Waals surface area (Å²) in [5.74, 6) is 0.719. The van der Waals surface area contributed by atoms with Gasteiger partial charge in [0, 0.05) is 44.8 Å². The Bertz CT molecular complexity index is 708. The molecule has 1 aliphatic rings. The summed E-state index contributed by atoms with van der Waals surface area (Å²) in [7, 11) is 0. The van der Waals surface area contributed by atoms with Crippen LogP contribution in [0.5, 0.6) is 0 Å². The first-order valence-corrected chi connectivity index (χ1v) is 8.03. The largest absolute Gasteiger partial charge is 0.337 e. The lowest BCUT2D eigenvalue weighted by Gasteiger charge is -2.34. The molecular formula is C18H21N5O. The molecule has 0 bridgehead atoms. The van der Waals surface area contributed by atoms with Crippen LogP contribution in [-0.2, 0) is 0 Å². The molecule has 0 unspecified atom stereocenters. The van der Waals surface area contributed by atoms with Gasteiger partial charge in [0.25, 0.3) is 0 Å². The van der Waals surface area contributed by atoms with Crippen molar-refractivity contribution in [2.24, 2.45) is 0 Å². The lowest BCUT2D eigenvalue weighted by molar-refractivity contribution is 0.198. The van der Waals surface area contributed by atoms with Gasteiger partial charge >= 0.3 is 6.03 Å². The van der Waals surface area contributed by atoms with Gasteiger partial charge in [-0.25, -0.2) is 14.8 Å². The minimum atomic E-state index is -0.0764. The molecule has 1 aromatic heterocycles. The third kappa shape index (κ3) is 4.10. The first-order chi connectivity index (χ1) is 11.7. The maximum absolute atomic E-state index is 12.2. The zero-order chi connectivity index (χ0) is 16.8. The van der Waals surface area contributed by atoms with Gasteiger partial charge in [0.1, 0.15) is 0 Å². The van der Waals surface area contributed by atoms with E-state index >= 15 is 0 Å². The highest BCUT2D eigenvalue weighted by Gasteiger charge is 2.21. The summed E-state index contributed by atoms with van der Waals surface area (Å²) in [4.78, 5) is 24.6. The predicted molar refractivity (Wildman–Crippen MR) is 94.6 cm³/mol. The van der Waals surface area contributed by atoms with Gasteiger partial charge in [0.2, 0.25) is 5.95 Å². The van der Waals surface area contributed by atoms with Crippen LogP contribution >= 0.6 is 0 Å². The molecule has 2 heterocycles. The minimum Gasteiger partial charge on any atom is -0.337 e. The van der Waals surface area contributed by atoms with Gasteiger partial charge in [0.15, 0.2) is 0 Å². The van der Waals surface area contributed by atoms with Gasteiger partial charge in [-0.05, 0) is 24.6 Å². The van der Waals surface area contributed by atoms with Crippen molar-refractivity contribution in [2.75, 3.05) is 31.1 Å². The van der Waals surface area contributed by atoms with Crippen molar-refractivity contribution in [3.63, 3.8) is 0 Å². The number of anilines is 1.